The Morgan fingerprint density at radius 2 is 1.89 bits per heavy atom. The average molecular weight is 466 g/mol. The van der Waals surface area contributed by atoms with E-state index in [1.807, 2.05) is 36.4 Å². The van der Waals surface area contributed by atoms with Crippen LogP contribution in [0, 0.1) is 0 Å². The minimum atomic E-state index is -0.731. The molecule has 5 nitrogen and oxygen atoms in total. The summed E-state index contributed by atoms with van der Waals surface area (Å²) in [6.45, 7) is 0.952. The third-order valence-electron chi connectivity index (χ3n) is 5.01. The van der Waals surface area contributed by atoms with Gasteiger partial charge >= 0.3 is 0 Å². The van der Waals surface area contributed by atoms with Gasteiger partial charge in [-0.25, -0.2) is 0 Å². The summed E-state index contributed by atoms with van der Waals surface area (Å²) in [6, 6.07) is 14.8. The van der Waals surface area contributed by atoms with Gasteiger partial charge in [0.25, 0.3) is 0 Å². The van der Waals surface area contributed by atoms with Crippen LogP contribution < -0.4 is 5.32 Å². The summed E-state index contributed by atoms with van der Waals surface area (Å²) in [7, 11) is 1.66. The topological polar surface area (TPSA) is 58.6 Å². The van der Waals surface area contributed by atoms with Crippen molar-refractivity contribution in [1.82, 2.24) is 4.90 Å². The fourth-order valence-electron chi connectivity index (χ4n) is 3.54. The van der Waals surface area contributed by atoms with E-state index in [-0.39, 0.29) is 18.4 Å². The Balaban J connectivity index is 1.77. The molecule has 2 amide bonds. The number of anilines is 1. The second-order valence-corrected chi connectivity index (χ2v) is 8.18. The average Bonchev–Trinajstić information content (AvgIpc) is 2.69. The predicted molar refractivity (Wildman–Crippen MR) is 114 cm³/mol. The van der Waals surface area contributed by atoms with Gasteiger partial charge in [-0.05, 0) is 58.6 Å². The SMILES string of the molecule is CN(CC(=O)Nc1ccccc1Br)C(=O)C1(c2cccc(Cl)c2)CCOCC1. The number of hydrogen-bond donors (Lipinski definition) is 1. The Hall–Kier alpha value is -1.89. The Bertz CT molecular complexity index is 868. The smallest absolute Gasteiger partial charge is 0.244 e. The number of carbonyl (C=O) groups excluding carboxylic acids is 2. The van der Waals surface area contributed by atoms with Crippen molar-refractivity contribution in [1.29, 1.82) is 0 Å². The van der Waals surface area contributed by atoms with Crippen molar-refractivity contribution in [3.63, 3.8) is 0 Å². The lowest BCUT2D eigenvalue weighted by atomic mass is 9.73. The number of benzene rings is 2. The molecule has 1 aliphatic heterocycles. The Kier molecular flexibility index (Phi) is 6.75. The molecule has 0 saturated carbocycles. The fraction of sp³-hybridized carbons (Fsp3) is 0.333. The van der Waals surface area contributed by atoms with Crippen molar-refractivity contribution in [2.75, 3.05) is 32.1 Å². The lowest BCUT2D eigenvalue weighted by Crippen LogP contribution is -2.50. The molecule has 3 rings (SSSR count). The molecule has 1 fully saturated rings. The number of hydrogen-bond acceptors (Lipinski definition) is 3. The molecule has 0 unspecified atom stereocenters. The number of nitrogens with zero attached hydrogens (tertiary/aromatic N) is 1. The van der Waals surface area contributed by atoms with Gasteiger partial charge in [-0.3, -0.25) is 9.59 Å². The summed E-state index contributed by atoms with van der Waals surface area (Å²) in [6.07, 6.45) is 1.12. The summed E-state index contributed by atoms with van der Waals surface area (Å²) < 4.78 is 6.28. The van der Waals surface area contributed by atoms with Gasteiger partial charge in [0.15, 0.2) is 0 Å². The number of ether oxygens (including phenoxy) is 1. The maximum atomic E-state index is 13.4. The van der Waals surface area contributed by atoms with Crippen molar-refractivity contribution in [2.24, 2.45) is 0 Å². The van der Waals surface area contributed by atoms with E-state index in [9.17, 15) is 9.59 Å². The molecule has 1 N–H and O–H groups in total. The first-order valence-electron chi connectivity index (χ1n) is 9.06. The van der Waals surface area contributed by atoms with Crippen LogP contribution >= 0.6 is 27.5 Å². The molecule has 1 heterocycles. The molecule has 2 aromatic carbocycles. The van der Waals surface area contributed by atoms with Gasteiger partial charge in [-0.1, -0.05) is 35.9 Å². The summed E-state index contributed by atoms with van der Waals surface area (Å²) in [4.78, 5) is 27.4. The number of rotatable bonds is 5. The van der Waals surface area contributed by atoms with Crippen molar-refractivity contribution in [3.05, 3.63) is 63.6 Å². The molecule has 7 heteroatoms. The number of halogens is 2. The number of nitrogens with one attached hydrogen (secondary N) is 1. The molecule has 148 valence electrons. The van der Waals surface area contributed by atoms with Crippen LogP contribution in [0.3, 0.4) is 0 Å². The van der Waals surface area contributed by atoms with E-state index in [4.69, 9.17) is 16.3 Å². The van der Waals surface area contributed by atoms with E-state index >= 15 is 0 Å². The first kappa shape index (κ1) is 20.8. The quantitative estimate of drug-likeness (QED) is 0.718. The Morgan fingerprint density at radius 3 is 2.57 bits per heavy atom. The number of amides is 2. The van der Waals surface area contributed by atoms with Gasteiger partial charge in [0, 0.05) is 29.8 Å². The van der Waals surface area contributed by atoms with E-state index in [0.29, 0.717) is 36.8 Å². The Morgan fingerprint density at radius 1 is 1.18 bits per heavy atom. The van der Waals surface area contributed by atoms with Crippen molar-refractivity contribution in [3.8, 4) is 0 Å². The standard InChI is InChI=1S/C21H22BrClN2O3/c1-25(14-19(26)24-18-8-3-2-7-17(18)22)20(27)21(9-11-28-12-10-21)15-5-4-6-16(23)13-15/h2-8,13H,9-12,14H2,1H3,(H,24,26). The van der Waals surface area contributed by atoms with Gasteiger partial charge in [-0.15, -0.1) is 0 Å². The van der Waals surface area contributed by atoms with Crippen molar-refractivity contribution >= 4 is 45.0 Å². The third kappa shape index (κ3) is 4.57. The van der Waals surface area contributed by atoms with Crippen molar-refractivity contribution < 1.29 is 14.3 Å². The maximum Gasteiger partial charge on any atom is 0.244 e. The van der Waals surface area contributed by atoms with Gasteiger partial charge in [0.2, 0.25) is 11.8 Å². The minimum absolute atomic E-state index is 0.0384. The van der Waals surface area contributed by atoms with Crippen LogP contribution in [-0.2, 0) is 19.7 Å². The van der Waals surface area contributed by atoms with E-state index in [2.05, 4.69) is 21.2 Å². The van der Waals surface area contributed by atoms with Gasteiger partial charge < -0.3 is 15.0 Å². The highest BCUT2D eigenvalue weighted by Gasteiger charge is 2.43. The number of carbonyl (C=O) groups is 2. The lowest BCUT2D eigenvalue weighted by molar-refractivity contribution is -0.142. The second kappa shape index (κ2) is 9.07. The van der Waals surface area contributed by atoms with E-state index in [1.165, 1.54) is 4.90 Å². The minimum Gasteiger partial charge on any atom is -0.381 e. The Labute approximate surface area is 178 Å². The van der Waals surface area contributed by atoms with Gasteiger partial charge in [-0.2, -0.15) is 0 Å². The van der Waals surface area contributed by atoms with Crippen LogP contribution in [0.25, 0.3) is 0 Å². The van der Waals surface area contributed by atoms with Crippen LogP contribution in [0.15, 0.2) is 53.0 Å². The highest BCUT2D eigenvalue weighted by atomic mass is 79.9. The normalized spacial score (nSPS) is 15.7. The highest BCUT2D eigenvalue weighted by molar-refractivity contribution is 9.10. The maximum absolute atomic E-state index is 13.4. The molecule has 0 bridgehead atoms. The zero-order valence-electron chi connectivity index (χ0n) is 15.6. The van der Waals surface area contributed by atoms with E-state index < -0.39 is 5.41 Å². The molecular formula is C21H22BrClN2O3. The molecule has 1 saturated heterocycles. The van der Waals surface area contributed by atoms with E-state index in [1.54, 1.807) is 19.2 Å². The fourth-order valence-corrected chi connectivity index (χ4v) is 4.11. The molecule has 28 heavy (non-hydrogen) atoms. The summed E-state index contributed by atoms with van der Waals surface area (Å²) >= 11 is 9.58. The zero-order valence-corrected chi connectivity index (χ0v) is 17.9. The monoisotopic (exact) mass is 464 g/mol. The molecule has 0 aromatic heterocycles. The van der Waals surface area contributed by atoms with Crippen molar-refractivity contribution in [2.45, 2.75) is 18.3 Å². The predicted octanol–water partition coefficient (Wildman–Crippen LogP) is 4.25. The highest BCUT2D eigenvalue weighted by Crippen LogP contribution is 2.37. The first-order chi connectivity index (χ1) is 13.4. The molecular weight excluding hydrogens is 444 g/mol. The number of para-hydroxylation sites is 1. The molecule has 2 aromatic rings. The largest absolute Gasteiger partial charge is 0.381 e. The molecule has 0 aliphatic carbocycles. The summed E-state index contributed by atoms with van der Waals surface area (Å²) in [5, 5.41) is 3.42. The van der Waals surface area contributed by atoms with Crippen LogP contribution in [-0.4, -0.2) is 43.5 Å². The first-order valence-corrected chi connectivity index (χ1v) is 10.2. The summed E-state index contributed by atoms with van der Waals surface area (Å²) in [5.41, 5.74) is 0.807. The van der Waals surface area contributed by atoms with Crippen LogP contribution in [0.4, 0.5) is 5.69 Å². The number of likely N-dealkylation sites (N-methyl/N-ethyl adjacent to an activating group) is 1. The van der Waals surface area contributed by atoms with Crippen LogP contribution in [0.5, 0.6) is 0 Å². The van der Waals surface area contributed by atoms with Crippen LogP contribution in [0.1, 0.15) is 18.4 Å². The van der Waals surface area contributed by atoms with Crippen LogP contribution in [0.2, 0.25) is 5.02 Å². The van der Waals surface area contributed by atoms with Gasteiger partial charge in [0.05, 0.1) is 17.6 Å². The zero-order chi connectivity index (χ0) is 20.1. The second-order valence-electron chi connectivity index (χ2n) is 6.89. The molecule has 1 aliphatic rings. The summed E-state index contributed by atoms with van der Waals surface area (Å²) in [5.74, 6) is -0.351. The molecule has 0 radical (unpaired) electrons. The molecule has 0 atom stereocenters. The third-order valence-corrected chi connectivity index (χ3v) is 5.93. The van der Waals surface area contributed by atoms with E-state index in [0.717, 1.165) is 10.0 Å². The lowest BCUT2D eigenvalue weighted by Gasteiger charge is -2.39. The molecule has 0 spiro atoms. The van der Waals surface area contributed by atoms with Gasteiger partial charge in [0.1, 0.15) is 0 Å².